The number of H-pyrrole nitrogens is 1. The Morgan fingerprint density at radius 3 is 2.65 bits per heavy atom. The Labute approximate surface area is 155 Å². The van der Waals surface area contributed by atoms with Gasteiger partial charge in [0.15, 0.2) is 5.82 Å². The molecule has 4 rings (SSSR count). The Hall–Kier alpha value is -1.85. The number of nitrogens with zero attached hydrogens (tertiary/aromatic N) is 2. The number of anilines is 1. The van der Waals surface area contributed by atoms with Gasteiger partial charge in [-0.2, -0.15) is 5.10 Å². The smallest absolute Gasteiger partial charge is 0.230 e. The third-order valence-corrected chi connectivity index (χ3v) is 6.41. The van der Waals surface area contributed by atoms with Crippen molar-refractivity contribution in [2.24, 2.45) is 11.8 Å². The molecule has 1 aromatic rings. The molecule has 1 aromatic heterocycles. The van der Waals surface area contributed by atoms with E-state index in [1.165, 1.54) is 44.9 Å². The molecule has 26 heavy (non-hydrogen) atoms. The molecule has 0 radical (unpaired) electrons. The van der Waals surface area contributed by atoms with Gasteiger partial charge in [0.1, 0.15) is 0 Å². The first-order valence-electron chi connectivity index (χ1n) is 10.3. The maximum Gasteiger partial charge on any atom is 0.230 e. The summed E-state index contributed by atoms with van der Waals surface area (Å²) in [7, 11) is 0. The quantitative estimate of drug-likeness (QED) is 0.848. The van der Waals surface area contributed by atoms with Crippen LogP contribution in [0.2, 0.25) is 0 Å². The molecule has 1 unspecified atom stereocenters. The zero-order valence-corrected chi connectivity index (χ0v) is 15.5. The summed E-state index contributed by atoms with van der Waals surface area (Å²) in [5, 5.41) is 10.2. The molecular weight excluding hydrogens is 328 g/mol. The van der Waals surface area contributed by atoms with Gasteiger partial charge >= 0.3 is 0 Å². The van der Waals surface area contributed by atoms with Crippen LogP contribution in [-0.4, -0.2) is 39.5 Å². The summed E-state index contributed by atoms with van der Waals surface area (Å²) in [6.07, 6.45) is 12.5. The van der Waals surface area contributed by atoms with Crippen LogP contribution in [-0.2, 0) is 16.0 Å². The van der Waals surface area contributed by atoms with Crippen LogP contribution in [0.25, 0.3) is 0 Å². The fourth-order valence-electron chi connectivity index (χ4n) is 4.94. The van der Waals surface area contributed by atoms with Gasteiger partial charge in [-0.1, -0.05) is 44.9 Å². The summed E-state index contributed by atoms with van der Waals surface area (Å²) < 4.78 is 0. The highest BCUT2D eigenvalue weighted by Crippen LogP contribution is 2.30. The summed E-state index contributed by atoms with van der Waals surface area (Å²) in [6.45, 7) is 0.564. The van der Waals surface area contributed by atoms with Crippen molar-refractivity contribution in [2.45, 2.75) is 76.7 Å². The minimum Gasteiger partial charge on any atom is -0.339 e. The lowest BCUT2D eigenvalue weighted by Crippen LogP contribution is -2.35. The molecular formula is C20H30N4O2. The lowest BCUT2D eigenvalue weighted by Gasteiger charge is -2.23. The second-order valence-electron chi connectivity index (χ2n) is 8.36. The molecule has 2 heterocycles. The molecule has 6 nitrogen and oxygen atoms in total. The van der Waals surface area contributed by atoms with E-state index in [4.69, 9.17) is 0 Å². The Morgan fingerprint density at radius 2 is 1.88 bits per heavy atom. The number of aromatic amines is 1. The van der Waals surface area contributed by atoms with Crippen LogP contribution in [0.1, 0.15) is 69.9 Å². The summed E-state index contributed by atoms with van der Waals surface area (Å²) in [5.74, 6) is 1.14. The van der Waals surface area contributed by atoms with E-state index in [-0.39, 0.29) is 17.7 Å². The van der Waals surface area contributed by atoms with Crippen LogP contribution in [0.15, 0.2) is 6.07 Å². The number of amides is 2. The molecule has 2 amide bonds. The number of nitrogens with one attached hydrogen (secondary N) is 2. The van der Waals surface area contributed by atoms with E-state index >= 15 is 0 Å². The minimum atomic E-state index is -0.249. The molecule has 0 bridgehead atoms. The topological polar surface area (TPSA) is 78.1 Å². The average molecular weight is 358 g/mol. The van der Waals surface area contributed by atoms with Gasteiger partial charge < -0.3 is 10.2 Å². The Morgan fingerprint density at radius 1 is 1.15 bits per heavy atom. The molecule has 142 valence electrons. The number of hydrogen-bond donors (Lipinski definition) is 2. The maximum atomic E-state index is 12.6. The third-order valence-electron chi connectivity index (χ3n) is 6.41. The summed E-state index contributed by atoms with van der Waals surface area (Å²) in [6, 6.07) is 2.31. The zero-order chi connectivity index (χ0) is 17.9. The van der Waals surface area contributed by atoms with Gasteiger partial charge in [0.05, 0.1) is 5.92 Å². The molecule has 1 atom stereocenters. The summed E-state index contributed by atoms with van der Waals surface area (Å²) in [4.78, 5) is 26.8. The first-order valence-corrected chi connectivity index (χ1v) is 10.3. The molecule has 1 aliphatic heterocycles. The molecule has 0 spiro atoms. The van der Waals surface area contributed by atoms with Gasteiger partial charge in [-0.15, -0.1) is 0 Å². The van der Waals surface area contributed by atoms with E-state index in [0.29, 0.717) is 24.8 Å². The van der Waals surface area contributed by atoms with Crippen LogP contribution < -0.4 is 5.32 Å². The normalized spacial score (nSPS) is 25.2. The van der Waals surface area contributed by atoms with E-state index in [2.05, 4.69) is 15.5 Å². The highest BCUT2D eigenvalue weighted by Gasteiger charge is 2.38. The highest BCUT2D eigenvalue weighted by molar-refractivity contribution is 5.96. The number of hydrogen-bond acceptors (Lipinski definition) is 3. The number of carbonyl (C=O) groups is 2. The van der Waals surface area contributed by atoms with Gasteiger partial charge in [0, 0.05) is 30.8 Å². The fourth-order valence-corrected chi connectivity index (χ4v) is 4.94. The van der Waals surface area contributed by atoms with Gasteiger partial charge in [-0.25, -0.2) is 0 Å². The van der Waals surface area contributed by atoms with Gasteiger partial charge in [-0.05, 0) is 25.2 Å². The molecule has 2 N–H and O–H groups in total. The molecule has 6 heteroatoms. The van der Waals surface area contributed by atoms with Crippen LogP contribution in [0.5, 0.6) is 0 Å². The lowest BCUT2D eigenvalue weighted by atomic mass is 9.86. The van der Waals surface area contributed by atoms with E-state index in [1.54, 1.807) is 0 Å². The van der Waals surface area contributed by atoms with E-state index < -0.39 is 0 Å². The van der Waals surface area contributed by atoms with Gasteiger partial charge in [-0.3, -0.25) is 14.7 Å². The third kappa shape index (κ3) is 3.94. The van der Waals surface area contributed by atoms with Crippen molar-refractivity contribution in [3.05, 3.63) is 11.8 Å². The first-order chi connectivity index (χ1) is 12.7. The SMILES string of the molecule is O=C(Nc1cc(CC2CCCCC2)[nH]n1)C1CC(=O)N(C2CCCC2)C1. The van der Waals surface area contributed by atoms with Crippen LogP contribution in [0.3, 0.4) is 0 Å². The highest BCUT2D eigenvalue weighted by atomic mass is 16.2. The number of carbonyl (C=O) groups excluding carboxylic acids is 2. The zero-order valence-electron chi connectivity index (χ0n) is 15.5. The molecule has 2 aliphatic carbocycles. The Bertz CT molecular complexity index is 644. The van der Waals surface area contributed by atoms with Crippen LogP contribution in [0, 0.1) is 11.8 Å². The first kappa shape index (κ1) is 17.6. The van der Waals surface area contributed by atoms with Crippen molar-refractivity contribution in [1.82, 2.24) is 15.1 Å². The Kier molecular flexibility index (Phi) is 5.27. The predicted molar refractivity (Wildman–Crippen MR) is 99.6 cm³/mol. The maximum absolute atomic E-state index is 12.6. The Balaban J connectivity index is 1.30. The van der Waals surface area contributed by atoms with Crippen molar-refractivity contribution in [2.75, 3.05) is 11.9 Å². The number of likely N-dealkylation sites (tertiary alicyclic amines) is 1. The average Bonchev–Trinajstić information content (AvgIpc) is 3.37. The summed E-state index contributed by atoms with van der Waals surface area (Å²) >= 11 is 0. The second kappa shape index (κ2) is 7.80. The molecule has 1 saturated heterocycles. The van der Waals surface area contributed by atoms with Crippen LogP contribution >= 0.6 is 0 Å². The summed E-state index contributed by atoms with van der Waals surface area (Å²) in [5.41, 5.74) is 1.10. The second-order valence-corrected chi connectivity index (χ2v) is 8.36. The van der Waals surface area contributed by atoms with Crippen molar-refractivity contribution in [3.8, 4) is 0 Å². The van der Waals surface area contributed by atoms with Crippen molar-refractivity contribution in [3.63, 3.8) is 0 Å². The van der Waals surface area contributed by atoms with E-state index in [0.717, 1.165) is 30.9 Å². The van der Waals surface area contributed by atoms with E-state index in [1.807, 2.05) is 11.0 Å². The minimum absolute atomic E-state index is 0.0745. The monoisotopic (exact) mass is 358 g/mol. The van der Waals surface area contributed by atoms with Crippen molar-refractivity contribution in [1.29, 1.82) is 0 Å². The number of aromatic nitrogens is 2. The van der Waals surface area contributed by atoms with Gasteiger partial charge in [0.25, 0.3) is 0 Å². The van der Waals surface area contributed by atoms with Crippen LogP contribution in [0.4, 0.5) is 5.82 Å². The molecule has 3 aliphatic rings. The van der Waals surface area contributed by atoms with Crippen molar-refractivity contribution < 1.29 is 9.59 Å². The fraction of sp³-hybridized carbons (Fsp3) is 0.750. The van der Waals surface area contributed by atoms with E-state index in [9.17, 15) is 9.59 Å². The molecule has 3 fully saturated rings. The standard InChI is InChI=1S/C20H30N4O2/c25-19-11-15(13-24(19)17-8-4-5-9-17)20(26)21-18-12-16(22-23-18)10-14-6-2-1-3-7-14/h12,14-15,17H,1-11,13H2,(H2,21,22,23,26). The molecule has 2 saturated carbocycles. The predicted octanol–water partition coefficient (Wildman–Crippen LogP) is 3.26. The lowest BCUT2D eigenvalue weighted by molar-refractivity contribution is -0.129. The number of rotatable bonds is 5. The van der Waals surface area contributed by atoms with Gasteiger partial charge in [0.2, 0.25) is 11.8 Å². The molecule has 0 aromatic carbocycles. The van der Waals surface area contributed by atoms with Crippen molar-refractivity contribution >= 4 is 17.6 Å². The largest absolute Gasteiger partial charge is 0.339 e.